The third-order valence-corrected chi connectivity index (χ3v) is 4.85. The highest BCUT2D eigenvalue weighted by molar-refractivity contribution is 5.80. The Bertz CT molecular complexity index is 636. The predicted molar refractivity (Wildman–Crippen MR) is 100 cm³/mol. The molecule has 0 spiro atoms. The molecule has 2 N–H and O–H groups in total. The average Bonchev–Trinajstić information content (AvgIpc) is 3.31. The van der Waals surface area contributed by atoms with E-state index in [0.717, 1.165) is 56.4 Å². The van der Waals surface area contributed by atoms with Crippen molar-refractivity contribution in [2.75, 3.05) is 39.8 Å². The minimum Gasteiger partial charge on any atom is -0.508 e. The van der Waals surface area contributed by atoms with Crippen LogP contribution < -0.4 is 10.1 Å². The van der Waals surface area contributed by atoms with Gasteiger partial charge < -0.3 is 20.1 Å². The zero-order valence-electron chi connectivity index (χ0n) is 15.1. The highest BCUT2D eigenvalue weighted by Gasteiger charge is 2.29. The molecule has 3 rings (SSSR count). The second kappa shape index (κ2) is 8.25. The molecule has 2 aliphatic heterocycles. The predicted octanol–water partition coefficient (Wildman–Crippen LogP) is 1.81. The Kier molecular flexibility index (Phi) is 5.81. The van der Waals surface area contributed by atoms with Gasteiger partial charge in [-0.15, -0.1) is 0 Å². The lowest BCUT2D eigenvalue weighted by molar-refractivity contribution is 0.259. The number of hydrogen-bond acceptors (Lipinski definition) is 4. The quantitative estimate of drug-likeness (QED) is 0.485. The summed E-state index contributed by atoms with van der Waals surface area (Å²) in [6.07, 6.45) is 5.65. The summed E-state index contributed by atoms with van der Waals surface area (Å²) in [5, 5.41) is 13.4. The molecule has 136 valence electrons. The molecule has 1 saturated heterocycles. The number of likely N-dealkylation sites (tertiary alicyclic amines) is 1. The number of phenols is 1. The van der Waals surface area contributed by atoms with E-state index in [4.69, 9.17) is 9.73 Å². The van der Waals surface area contributed by atoms with Crippen LogP contribution >= 0.6 is 0 Å². The van der Waals surface area contributed by atoms with E-state index in [1.54, 1.807) is 19.2 Å². The Hall–Kier alpha value is -2.21. The van der Waals surface area contributed by atoms with Crippen molar-refractivity contribution in [2.45, 2.75) is 25.9 Å². The van der Waals surface area contributed by atoms with Crippen molar-refractivity contribution >= 4 is 5.96 Å². The molecule has 1 fully saturated rings. The lowest BCUT2D eigenvalue weighted by atomic mass is 10.2. The van der Waals surface area contributed by atoms with Crippen LogP contribution in [0, 0.1) is 0 Å². The molecule has 6 heteroatoms. The van der Waals surface area contributed by atoms with Gasteiger partial charge in [0.25, 0.3) is 0 Å². The molecule has 1 atom stereocenters. The molecular formula is C19H28N4O2. The Morgan fingerprint density at radius 2 is 2.16 bits per heavy atom. The number of nitrogens with one attached hydrogen (secondary N) is 1. The molecule has 0 aliphatic carbocycles. The van der Waals surface area contributed by atoms with Crippen LogP contribution in [0.15, 0.2) is 35.3 Å². The SMILES string of the molecule is CCNC(=NCc1cc(OC)ccc1O)N1CCC(N2CC=CC2)C1. The number of guanidine groups is 1. The zero-order chi connectivity index (χ0) is 17.6. The van der Waals surface area contributed by atoms with Crippen molar-refractivity contribution in [3.8, 4) is 11.5 Å². The monoisotopic (exact) mass is 344 g/mol. The van der Waals surface area contributed by atoms with Gasteiger partial charge in [-0.3, -0.25) is 4.90 Å². The van der Waals surface area contributed by atoms with E-state index < -0.39 is 0 Å². The highest BCUT2D eigenvalue weighted by atomic mass is 16.5. The third-order valence-electron chi connectivity index (χ3n) is 4.85. The number of rotatable bonds is 5. The molecule has 0 saturated carbocycles. The largest absolute Gasteiger partial charge is 0.508 e. The first-order chi connectivity index (χ1) is 12.2. The van der Waals surface area contributed by atoms with Crippen LogP contribution in [0.4, 0.5) is 0 Å². The number of aromatic hydroxyl groups is 1. The van der Waals surface area contributed by atoms with Gasteiger partial charge in [0.05, 0.1) is 13.7 Å². The third kappa shape index (κ3) is 4.25. The molecular weight excluding hydrogens is 316 g/mol. The van der Waals surface area contributed by atoms with Crippen LogP contribution in [-0.2, 0) is 6.54 Å². The summed E-state index contributed by atoms with van der Waals surface area (Å²) in [7, 11) is 1.63. The van der Waals surface area contributed by atoms with Crippen molar-refractivity contribution < 1.29 is 9.84 Å². The number of nitrogens with zero attached hydrogens (tertiary/aromatic N) is 3. The summed E-state index contributed by atoms with van der Waals surface area (Å²) in [6, 6.07) is 5.83. The van der Waals surface area contributed by atoms with Crippen LogP contribution in [0.25, 0.3) is 0 Å². The lowest BCUT2D eigenvalue weighted by Gasteiger charge is -2.25. The molecule has 2 heterocycles. The van der Waals surface area contributed by atoms with E-state index in [-0.39, 0.29) is 5.75 Å². The van der Waals surface area contributed by atoms with Crippen LogP contribution in [0.5, 0.6) is 11.5 Å². The molecule has 0 amide bonds. The Morgan fingerprint density at radius 3 is 2.88 bits per heavy atom. The maximum Gasteiger partial charge on any atom is 0.194 e. The number of benzene rings is 1. The van der Waals surface area contributed by atoms with E-state index >= 15 is 0 Å². The molecule has 1 unspecified atom stereocenters. The second-order valence-electron chi connectivity index (χ2n) is 6.48. The fourth-order valence-electron chi connectivity index (χ4n) is 3.43. The maximum atomic E-state index is 10.1. The highest BCUT2D eigenvalue weighted by Crippen LogP contribution is 2.24. The maximum absolute atomic E-state index is 10.1. The smallest absolute Gasteiger partial charge is 0.194 e. The van der Waals surface area contributed by atoms with E-state index in [1.165, 1.54) is 0 Å². The number of aliphatic imine (C=N–C) groups is 1. The number of methoxy groups -OCH3 is 1. The minimum absolute atomic E-state index is 0.253. The number of phenolic OH excluding ortho intramolecular Hbond substituents is 1. The first-order valence-corrected chi connectivity index (χ1v) is 8.99. The number of ether oxygens (including phenoxy) is 1. The van der Waals surface area contributed by atoms with Gasteiger partial charge in [0.2, 0.25) is 0 Å². The van der Waals surface area contributed by atoms with E-state index in [0.29, 0.717) is 12.6 Å². The normalized spacial score (nSPS) is 21.1. The second-order valence-corrected chi connectivity index (χ2v) is 6.48. The fraction of sp³-hybridized carbons (Fsp3) is 0.526. The summed E-state index contributed by atoms with van der Waals surface area (Å²) in [5.41, 5.74) is 0.772. The molecule has 0 radical (unpaired) electrons. The van der Waals surface area contributed by atoms with Gasteiger partial charge in [-0.25, -0.2) is 4.99 Å². The van der Waals surface area contributed by atoms with Crippen molar-refractivity contribution in [2.24, 2.45) is 4.99 Å². The molecule has 1 aromatic rings. The Labute approximate surface area is 149 Å². The average molecular weight is 344 g/mol. The first-order valence-electron chi connectivity index (χ1n) is 8.99. The van der Waals surface area contributed by atoms with Crippen LogP contribution in [0.3, 0.4) is 0 Å². The van der Waals surface area contributed by atoms with Gasteiger partial charge >= 0.3 is 0 Å². The summed E-state index contributed by atoms with van der Waals surface area (Å²) < 4.78 is 5.24. The van der Waals surface area contributed by atoms with E-state index in [1.807, 2.05) is 6.07 Å². The van der Waals surface area contributed by atoms with Crippen molar-refractivity contribution in [3.05, 3.63) is 35.9 Å². The van der Waals surface area contributed by atoms with Crippen LogP contribution in [0.2, 0.25) is 0 Å². The van der Waals surface area contributed by atoms with Gasteiger partial charge in [0, 0.05) is 44.3 Å². The van der Waals surface area contributed by atoms with E-state index in [2.05, 4.69) is 34.2 Å². The van der Waals surface area contributed by atoms with Gasteiger partial charge in [0.15, 0.2) is 5.96 Å². The van der Waals surface area contributed by atoms with Gasteiger partial charge in [-0.2, -0.15) is 0 Å². The Morgan fingerprint density at radius 1 is 1.36 bits per heavy atom. The standard InChI is InChI=1S/C19H28N4O2/c1-3-20-19(21-13-15-12-17(25-2)6-7-18(15)24)23-11-8-16(14-23)22-9-4-5-10-22/h4-7,12,16,24H,3,8-11,13-14H2,1-2H3,(H,20,21). The van der Waals surface area contributed by atoms with Crippen molar-refractivity contribution in [1.82, 2.24) is 15.1 Å². The molecule has 1 aromatic carbocycles. The van der Waals surface area contributed by atoms with Crippen molar-refractivity contribution in [3.63, 3.8) is 0 Å². The topological polar surface area (TPSA) is 60.3 Å². The van der Waals surface area contributed by atoms with Crippen molar-refractivity contribution in [1.29, 1.82) is 0 Å². The summed E-state index contributed by atoms with van der Waals surface area (Å²) >= 11 is 0. The summed E-state index contributed by atoms with van der Waals surface area (Å²) in [6.45, 7) is 7.46. The zero-order valence-corrected chi connectivity index (χ0v) is 15.1. The first kappa shape index (κ1) is 17.6. The fourth-order valence-corrected chi connectivity index (χ4v) is 3.43. The van der Waals surface area contributed by atoms with Crippen LogP contribution in [-0.4, -0.2) is 66.7 Å². The van der Waals surface area contributed by atoms with Gasteiger partial charge in [0.1, 0.15) is 11.5 Å². The summed E-state index contributed by atoms with van der Waals surface area (Å²) in [4.78, 5) is 9.58. The summed E-state index contributed by atoms with van der Waals surface area (Å²) in [5.74, 6) is 1.90. The lowest BCUT2D eigenvalue weighted by Crippen LogP contribution is -2.42. The van der Waals surface area contributed by atoms with Gasteiger partial charge in [-0.05, 0) is 31.5 Å². The Balaban J connectivity index is 1.67. The molecule has 2 aliphatic rings. The van der Waals surface area contributed by atoms with E-state index in [9.17, 15) is 5.11 Å². The molecule has 0 aromatic heterocycles. The van der Waals surface area contributed by atoms with Gasteiger partial charge in [-0.1, -0.05) is 12.2 Å². The minimum atomic E-state index is 0.253. The molecule has 25 heavy (non-hydrogen) atoms. The number of hydrogen-bond donors (Lipinski definition) is 2. The molecule has 6 nitrogen and oxygen atoms in total. The molecule has 0 bridgehead atoms. The van der Waals surface area contributed by atoms with Crippen LogP contribution in [0.1, 0.15) is 18.9 Å².